The molecule has 1 aliphatic carbocycles. The van der Waals surface area contributed by atoms with Crippen LogP contribution in [-0.4, -0.2) is 52.8 Å². The fraction of sp³-hybridized carbons (Fsp3) is 0.581. The summed E-state index contributed by atoms with van der Waals surface area (Å²) >= 11 is 13.9. The highest BCUT2D eigenvalue weighted by molar-refractivity contribution is 9.10. The second-order valence-electron chi connectivity index (χ2n) is 12.0. The highest BCUT2D eigenvalue weighted by atomic mass is 79.9. The van der Waals surface area contributed by atoms with Gasteiger partial charge in [-0.1, -0.05) is 41.4 Å². The molecular weight excluding hydrogens is 642 g/mol. The molecule has 1 aromatic carbocycles. The predicted octanol–water partition coefficient (Wildman–Crippen LogP) is 7.40. The van der Waals surface area contributed by atoms with E-state index in [1.54, 1.807) is 0 Å². The summed E-state index contributed by atoms with van der Waals surface area (Å²) in [6, 6.07) is 6.35. The molecule has 2 aliphatic heterocycles. The zero-order valence-corrected chi connectivity index (χ0v) is 26.8. The van der Waals surface area contributed by atoms with Crippen LogP contribution in [0, 0.1) is 17.8 Å². The SMILES string of the molecule is CC(C)CC(=O)N1CCC(CC(=O)N2CCC([C@H]3c4ncc(Br)cc4CCc4cc(Cl)cc(Br)c43)CC2)CC1. The van der Waals surface area contributed by atoms with Crippen LogP contribution in [0.1, 0.15) is 80.7 Å². The normalized spacial score (nSPS) is 20.5. The van der Waals surface area contributed by atoms with Gasteiger partial charge in [0.1, 0.15) is 0 Å². The van der Waals surface area contributed by atoms with Crippen LogP contribution in [0.25, 0.3) is 0 Å². The van der Waals surface area contributed by atoms with Gasteiger partial charge in [-0.15, -0.1) is 0 Å². The standard InChI is InChI=1S/C31H38Br2ClN3O2/c1-19(2)13-27(38)36-9-5-20(6-10-36)14-28(39)37-11-7-21(8-12-37)30-29-22(16-25(34)17-26(29)33)3-4-23-15-24(32)18-35-31(23)30/h15-21,30H,3-14H2,1-2H3/t30-/m1/s1. The largest absolute Gasteiger partial charge is 0.343 e. The molecule has 39 heavy (non-hydrogen) atoms. The van der Waals surface area contributed by atoms with E-state index in [1.165, 1.54) is 22.4 Å². The number of aryl methyl sites for hydroxylation is 2. The summed E-state index contributed by atoms with van der Waals surface area (Å²) in [6.07, 6.45) is 8.80. The van der Waals surface area contributed by atoms with Crippen molar-refractivity contribution in [3.63, 3.8) is 0 Å². The summed E-state index contributed by atoms with van der Waals surface area (Å²) in [5, 5.41) is 0.759. The van der Waals surface area contributed by atoms with Crippen molar-refractivity contribution in [1.82, 2.24) is 14.8 Å². The number of likely N-dealkylation sites (tertiary alicyclic amines) is 2. The van der Waals surface area contributed by atoms with E-state index in [1.807, 2.05) is 17.2 Å². The van der Waals surface area contributed by atoms with E-state index in [0.29, 0.717) is 30.6 Å². The van der Waals surface area contributed by atoms with Gasteiger partial charge in [-0.25, -0.2) is 0 Å². The molecule has 2 aromatic rings. The summed E-state index contributed by atoms with van der Waals surface area (Å²) in [5.41, 5.74) is 5.08. The van der Waals surface area contributed by atoms with Gasteiger partial charge in [0.05, 0.1) is 5.69 Å². The lowest BCUT2D eigenvalue weighted by Gasteiger charge is -2.38. The van der Waals surface area contributed by atoms with Crippen LogP contribution < -0.4 is 0 Å². The predicted molar refractivity (Wildman–Crippen MR) is 163 cm³/mol. The van der Waals surface area contributed by atoms with Gasteiger partial charge in [-0.2, -0.15) is 0 Å². The molecule has 0 spiro atoms. The number of carbonyl (C=O) groups is 2. The Balaban J connectivity index is 1.24. The maximum absolute atomic E-state index is 13.3. The summed E-state index contributed by atoms with van der Waals surface area (Å²) in [7, 11) is 0. The van der Waals surface area contributed by atoms with Gasteiger partial charge in [0.25, 0.3) is 0 Å². The van der Waals surface area contributed by atoms with Gasteiger partial charge in [-0.05, 0) is 107 Å². The summed E-state index contributed by atoms with van der Waals surface area (Å²) in [4.78, 5) is 34.7. The molecule has 3 heterocycles. The molecule has 0 unspecified atom stereocenters. The average molecular weight is 680 g/mol. The Morgan fingerprint density at radius 3 is 2.28 bits per heavy atom. The molecule has 0 radical (unpaired) electrons. The van der Waals surface area contributed by atoms with Crippen LogP contribution in [0.3, 0.4) is 0 Å². The van der Waals surface area contributed by atoms with Gasteiger partial charge in [-0.3, -0.25) is 14.6 Å². The topological polar surface area (TPSA) is 53.5 Å². The summed E-state index contributed by atoms with van der Waals surface area (Å²) in [5.74, 6) is 1.89. The van der Waals surface area contributed by atoms with Gasteiger partial charge >= 0.3 is 0 Å². The third kappa shape index (κ3) is 6.73. The van der Waals surface area contributed by atoms with Crippen LogP contribution in [0.2, 0.25) is 5.02 Å². The second-order valence-corrected chi connectivity index (χ2v) is 14.2. The van der Waals surface area contributed by atoms with Crippen molar-refractivity contribution >= 4 is 55.3 Å². The van der Waals surface area contributed by atoms with Crippen molar-refractivity contribution in [2.45, 2.75) is 71.1 Å². The summed E-state index contributed by atoms with van der Waals surface area (Å²) in [6.45, 7) is 7.33. The Hall–Kier alpha value is -1.44. The number of nitrogens with zero attached hydrogens (tertiary/aromatic N) is 3. The first-order valence-corrected chi connectivity index (χ1v) is 16.3. The lowest BCUT2D eigenvalue weighted by molar-refractivity contribution is -0.135. The second kappa shape index (κ2) is 12.6. The van der Waals surface area contributed by atoms with Gasteiger partial charge in [0, 0.05) is 65.1 Å². The van der Waals surface area contributed by atoms with Gasteiger partial charge < -0.3 is 9.80 Å². The first-order chi connectivity index (χ1) is 18.7. The maximum atomic E-state index is 13.3. The number of halogens is 3. The van der Waals surface area contributed by atoms with Crippen molar-refractivity contribution in [3.8, 4) is 0 Å². The number of hydrogen-bond donors (Lipinski definition) is 0. The number of benzene rings is 1. The van der Waals surface area contributed by atoms with E-state index >= 15 is 0 Å². The molecule has 3 aliphatic rings. The van der Waals surface area contributed by atoms with Crippen LogP contribution in [0.15, 0.2) is 33.3 Å². The molecule has 5 rings (SSSR count). The molecule has 0 bridgehead atoms. The first kappa shape index (κ1) is 29.1. The Morgan fingerprint density at radius 2 is 1.59 bits per heavy atom. The minimum absolute atomic E-state index is 0.183. The number of pyridine rings is 1. The van der Waals surface area contributed by atoms with Crippen molar-refractivity contribution in [3.05, 3.63) is 60.7 Å². The quantitative estimate of drug-likeness (QED) is 0.331. The van der Waals surface area contributed by atoms with E-state index < -0.39 is 0 Å². The number of fused-ring (bicyclic) bond motifs is 2. The fourth-order valence-electron chi connectivity index (χ4n) is 6.75. The molecule has 210 valence electrons. The van der Waals surface area contributed by atoms with Crippen LogP contribution in [-0.2, 0) is 22.4 Å². The lowest BCUT2D eigenvalue weighted by Crippen LogP contribution is -2.43. The van der Waals surface area contributed by atoms with E-state index in [0.717, 1.165) is 78.7 Å². The minimum Gasteiger partial charge on any atom is -0.343 e. The van der Waals surface area contributed by atoms with Crippen LogP contribution >= 0.6 is 43.5 Å². The van der Waals surface area contributed by atoms with Crippen molar-refractivity contribution in [2.24, 2.45) is 17.8 Å². The summed E-state index contributed by atoms with van der Waals surface area (Å²) < 4.78 is 2.07. The molecule has 5 nitrogen and oxygen atoms in total. The van der Waals surface area contributed by atoms with Gasteiger partial charge in [0.2, 0.25) is 11.8 Å². The van der Waals surface area contributed by atoms with E-state index in [-0.39, 0.29) is 17.7 Å². The third-order valence-corrected chi connectivity index (χ3v) is 10.1. The Labute approximate surface area is 254 Å². The Kier molecular flexibility index (Phi) is 9.39. The average Bonchev–Trinajstić information content (AvgIpc) is 3.05. The van der Waals surface area contributed by atoms with Gasteiger partial charge in [0.15, 0.2) is 0 Å². The van der Waals surface area contributed by atoms with E-state index in [9.17, 15) is 9.59 Å². The zero-order chi connectivity index (χ0) is 27.7. The molecule has 0 saturated carbocycles. The molecule has 0 N–H and O–H groups in total. The number of hydrogen-bond acceptors (Lipinski definition) is 3. The third-order valence-electron chi connectivity index (χ3n) is 8.79. The first-order valence-electron chi connectivity index (χ1n) is 14.4. The Morgan fingerprint density at radius 1 is 0.949 bits per heavy atom. The van der Waals surface area contributed by atoms with E-state index in [2.05, 4.69) is 62.7 Å². The van der Waals surface area contributed by atoms with Crippen molar-refractivity contribution in [1.29, 1.82) is 0 Å². The highest BCUT2D eigenvalue weighted by Gasteiger charge is 2.37. The van der Waals surface area contributed by atoms with Crippen LogP contribution in [0.4, 0.5) is 0 Å². The van der Waals surface area contributed by atoms with Crippen molar-refractivity contribution < 1.29 is 9.59 Å². The molecule has 8 heteroatoms. The molecule has 1 atom stereocenters. The monoisotopic (exact) mass is 677 g/mol. The van der Waals surface area contributed by atoms with Crippen molar-refractivity contribution in [2.75, 3.05) is 26.2 Å². The van der Waals surface area contributed by atoms with Crippen LogP contribution in [0.5, 0.6) is 0 Å². The minimum atomic E-state index is 0.183. The molecule has 2 amide bonds. The highest BCUT2D eigenvalue weighted by Crippen LogP contribution is 2.46. The Bertz CT molecular complexity index is 1220. The number of rotatable bonds is 5. The zero-order valence-electron chi connectivity index (χ0n) is 22.9. The molecule has 2 fully saturated rings. The molecule has 1 aromatic heterocycles. The maximum Gasteiger partial charge on any atom is 0.222 e. The number of amides is 2. The molecular formula is C31H38Br2ClN3O2. The number of carbonyl (C=O) groups excluding carboxylic acids is 2. The fourth-order valence-corrected chi connectivity index (χ4v) is 8.25. The lowest BCUT2D eigenvalue weighted by atomic mass is 9.76. The van der Waals surface area contributed by atoms with E-state index in [4.69, 9.17) is 16.6 Å². The number of piperidine rings is 2. The number of aromatic nitrogens is 1. The smallest absolute Gasteiger partial charge is 0.222 e. The molecule has 2 saturated heterocycles.